The van der Waals surface area contributed by atoms with E-state index in [0.717, 1.165) is 27.5 Å². The van der Waals surface area contributed by atoms with Crippen LogP contribution in [0, 0.1) is 11.6 Å². The van der Waals surface area contributed by atoms with E-state index in [9.17, 15) is 13.6 Å². The van der Waals surface area contributed by atoms with Gasteiger partial charge in [-0.25, -0.2) is 8.78 Å². The molecule has 18 heavy (non-hydrogen) atoms. The summed E-state index contributed by atoms with van der Waals surface area (Å²) in [5.74, 6) is -2.01. The Morgan fingerprint density at radius 3 is 2.78 bits per heavy atom. The molecule has 0 aliphatic heterocycles. The average Bonchev–Trinajstić information content (AvgIpc) is 2.75. The number of halogens is 3. The smallest absolute Gasteiger partial charge is 0.254 e. The molecule has 0 atom stereocenters. The average molecular weight is 332 g/mol. The standard InChI is InChI=1S/C12H8BrF2NOS/c13-9-3-4-18-11(9)6-16-12(17)8-5-7(14)1-2-10(8)15/h1-5H,6H2,(H,16,17). The minimum Gasteiger partial charge on any atom is -0.347 e. The molecule has 1 aromatic heterocycles. The molecule has 94 valence electrons. The highest BCUT2D eigenvalue weighted by atomic mass is 79.9. The van der Waals surface area contributed by atoms with Gasteiger partial charge in [-0.2, -0.15) is 0 Å². The van der Waals surface area contributed by atoms with Crippen LogP contribution in [0.25, 0.3) is 0 Å². The molecular formula is C12H8BrF2NOS. The summed E-state index contributed by atoms with van der Waals surface area (Å²) in [7, 11) is 0. The summed E-state index contributed by atoms with van der Waals surface area (Å²) in [5.41, 5.74) is -0.289. The monoisotopic (exact) mass is 331 g/mol. The van der Waals surface area contributed by atoms with Crippen LogP contribution < -0.4 is 5.32 Å². The normalized spacial score (nSPS) is 10.4. The van der Waals surface area contributed by atoms with Gasteiger partial charge in [-0.05, 0) is 45.6 Å². The van der Waals surface area contributed by atoms with E-state index in [-0.39, 0.29) is 12.1 Å². The molecule has 0 radical (unpaired) electrons. The topological polar surface area (TPSA) is 29.1 Å². The molecule has 2 aromatic rings. The molecule has 0 saturated heterocycles. The van der Waals surface area contributed by atoms with E-state index in [1.807, 2.05) is 11.4 Å². The Labute approximate surface area is 115 Å². The number of hydrogen-bond acceptors (Lipinski definition) is 2. The maximum atomic E-state index is 13.3. The fourth-order valence-corrected chi connectivity index (χ4v) is 2.81. The fraction of sp³-hybridized carbons (Fsp3) is 0.0833. The largest absolute Gasteiger partial charge is 0.347 e. The Hall–Kier alpha value is -1.27. The third-order valence-electron chi connectivity index (χ3n) is 2.27. The van der Waals surface area contributed by atoms with Crippen molar-refractivity contribution in [3.05, 3.63) is 56.2 Å². The molecule has 1 aromatic carbocycles. The van der Waals surface area contributed by atoms with Crippen molar-refractivity contribution < 1.29 is 13.6 Å². The number of amides is 1. The van der Waals surface area contributed by atoms with Crippen LogP contribution in [0.1, 0.15) is 15.2 Å². The van der Waals surface area contributed by atoms with E-state index < -0.39 is 17.5 Å². The van der Waals surface area contributed by atoms with Crippen molar-refractivity contribution in [2.24, 2.45) is 0 Å². The quantitative estimate of drug-likeness (QED) is 0.912. The summed E-state index contributed by atoms with van der Waals surface area (Å²) in [5, 5.41) is 4.41. The first-order valence-electron chi connectivity index (χ1n) is 5.03. The highest BCUT2D eigenvalue weighted by Crippen LogP contribution is 2.22. The van der Waals surface area contributed by atoms with Gasteiger partial charge in [-0.1, -0.05) is 0 Å². The molecule has 0 aliphatic rings. The molecule has 2 nitrogen and oxygen atoms in total. The number of rotatable bonds is 3. The van der Waals surface area contributed by atoms with Gasteiger partial charge >= 0.3 is 0 Å². The third-order valence-corrected chi connectivity index (χ3v) is 4.20. The van der Waals surface area contributed by atoms with Crippen LogP contribution in [-0.4, -0.2) is 5.91 Å². The van der Waals surface area contributed by atoms with E-state index >= 15 is 0 Å². The first kappa shape index (κ1) is 13.2. The lowest BCUT2D eigenvalue weighted by Crippen LogP contribution is -2.23. The second-order valence-corrected chi connectivity index (χ2v) is 5.35. The zero-order valence-electron chi connectivity index (χ0n) is 9.04. The van der Waals surface area contributed by atoms with Gasteiger partial charge in [-0.15, -0.1) is 11.3 Å². The summed E-state index contributed by atoms with van der Waals surface area (Å²) in [6.07, 6.45) is 0. The SMILES string of the molecule is O=C(NCc1sccc1Br)c1cc(F)ccc1F. The summed E-state index contributed by atoms with van der Waals surface area (Å²) >= 11 is 4.79. The van der Waals surface area contributed by atoms with Crippen molar-refractivity contribution in [1.29, 1.82) is 0 Å². The van der Waals surface area contributed by atoms with Gasteiger partial charge < -0.3 is 5.32 Å². The van der Waals surface area contributed by atoms with E-state index in [1.54, 1.807) is 0 Å². The Morgan fingerprint density at radius 1 is 1.33 bits per heavy atom. The number of nitrogens with one attached hydrogen (secondary N) is 1. The van der Waals surface area contributed by atoms with Crippen LogP contribution in [0.15, 0.2) is 34.1 Å². The molecule has 0 spiro atoms. The van der Waals surface area contributed by atoms with Crippen molar-refractivity contribution in [3.63, 3.8) is 0 Å². The van der Waals surface area contributed by atoms with E-state index in [0.29, 0.717) is 0 Å². The highest BCUT2D eigenvalue weighted by Gasteiger charge is 2.13. The minimum absolute atomic E-state index is 0.271. The van der Waals surface area contributed by atoms with Crippen LogP contribution >= 0.6 is 27.3 Å². The number of carbonyl (C=O) groups excluding carboxylic acids is 1. The van der Waals surface area contributed by atoms with Gasteiger partial charge in [0.25, 0.3) is 5.91 Å². The zero-order valence-corrected chi connectivity index (χ0v) is 11.4. The first-order chi connectivity index (χ1) is 8.58. The second-order valence-electron chi connectivity index (χ2n) is 3.50. The predicted octanol–water partition coefficient (Wildman–Crippen LogP) is 3.72. The Morgan fingerprint density at radius 2 is 2.11 bits per heavy atom. The highest BCUT2D eigenvalue weighted by molar-refractivity contribution is 9.10. The van der Waals surface area contributed by atoms with Gasteiger partial charge in [-0.3, -0.25) is 4.79 Å². The maximum Gasteiger partial charge on any atom is 0.254 e. The summed E-state index contributed by atoms with van der Waals surface area (Å²) in [6.45, 7) is 0.271. The predicted molar refractivity (Wildman–Crippen MR) is 69.5 cm³/mol. The zero-order chi connectivity index (χ0) is 13.1. The number of thiophene rings is 1. The Kier molecular flexibility index (Phi) is 4.08. The van der Waals surface area contributed by atoms with Crippen molar-refractivity contribution in [2.45, 2.75) is 6.54 Å². The first-order valence-corrected chi connectivity index (χ1v) is 6.70. The third kappa shape index (κ3) is 2.94. The Bertz CT molecular complexity index is 585. The minimum atomic E-state index is -0.737. The van der Waals surface area contributed by atoms with Gasteiger partial charge in [0.05, 0.1) is 12.1 Å². The lowest BCUT2D eigenvalue weighted by Gasteiger charge is -2.05. The summed E-state index contributed by atoms with van der Waals surface area (Å²) in [6, 6.07) is 4.65. The van der Waals surface area contributed by atoms with Gasteiger partial charge in [0.15, 0.2) is 0 Å². The number of benzene rings is 1. The Balaban J connectivity index is 2.08. The number of hydrogen-bond donors (Lipinski definition) is 1. The van der Waals surface area contributed by atoms with Gasteiger partial charge in [0.1, 0.15) is 11.6 Å². The van der Waals surface area contributed by atoms with Gasteiger partial charge in [0, 0.05) is 9.35 Å². The van der Waals surface area contributed by atoms with Crippen molar-refractivity contribution in [1.82, 2.24) is 5.32 Å². The molecule has 1 heterocycles. The second kappa shape index (κ2) is 5.58. The molecule has 0 bridgehead atoms. The maximum absolute atomic E-state index is 13.3. The fourth-order valence-electron chi connectivity index (χ4n) is 1.38. The molecule has 1 amide bonds. The summed E-state index contributed by atoms with van der Waals surface area (Å²) in [4.78, 5) is 12.6. The summed E-state index contributed by atoms with van der Waals surface area (Å²) < 4.78 is 27.1. The molecule has 6 heteroatoms. The van der Waals surface area contributed by atoms with Crippen molar-refractivity contribution in [3.8, 4) is 0 Å². The van der Waals surface area contributed by atoms with Crippen LogP contribution in [-0.2, 0) is 6.54 Å². The molecule has 0 aliphatic carbocycles. The van der Waals surface area contributed by atoms with E-state index in [1.165, 1.54) is 11.3 Å². The molecule has 1 N–H and O–H groups in total. The van der Waals surface area contributed by atoms with Crippen LogP contribution in [0.5, 0.6) is 0 Å². The van der Waals surface area contributed by atoms with Crippen molar-refractivity contribution >= 4 is 33.2 Å². The van der Waals surface area contributed by atoms with E-state index in [4.69, 9.17) is 0 Å². The molecular weight excluding hydrogens is 324 g/mol. The van der Waals surface area contributed by atoms with Crippen molar-refractivity contribution in [2.75, 3.05) is 0 Å². The molecule has 2 rings (SSSR count). The lowest BCUT2D eigenvalue weighted by molar-refractivity contribution is 0.0946. The van der Waals surface area contributed by atoms with Crippen LogP contribution in [0.3, 0.4) is 0 Å². The molecule has 0 unspecified atom stereocenters. The molecule has 0 fully saturated rings. The van der Waals surface area contributed by atoms with E-state index in [2.05, 4.69) is 21.2 Å². The van der Waals surface area contributed by atoms with Gasteiger partial charge in [0.2, 0.25) is 0 Å². The number of carbonyl (C=O) groups is 1. The van der Waals surface area contributed by atoms with Crippen LogP contribution in [0.2, 0.25) is 0 Å². The molecule has 0 saturated carbocycles. The van der Waals surface area contributed by atoms with Crippen LogP contribution in [0.4, 0.5) is 8.78 Å². The lowest BCUT2D eigenvalue weighted by atomic mass is 10.2.